The van der Waals surface area contributed by atoms with E-state index in [0.717, 1.165) is 19.5 Å². The molecule has 0 aliphatic heterocycles. The molecule has 1 aromatic carbocycles. The van der Waals surface area contributed by atoms with Gasteiger partial charge in [0.05, 0.1) is 6.20 Å². The van der Waals surface area contributed by atoms with E-state index in [1.807, 2.05) is 6.20 Å². The van der Waals surface area contributed by atoms with E-state index in [1.165, 1.54) is 6.07 Å². The van der Waals surface area contributed by atoms with Crippen LogP contribution in [0.2, 0.25) is 5.02 Å². The Labute approximate surface area is 110 Å². The molecule has 18 heavy (non-hydrogen) atoms. The zero-order valence-electron chi connectivity index (χ0n) is 9.81. The summed E-state index contributed by atoms with van der Waals surface area (Å²) in [5.41, 5.74) is 0.514. The molecular weight excluding hydrogens is 255 g/mol. The zero-order chi connectivity index (χ0) is 12.8. The van der Waals surface area contributed by atoms with Gasteiger partial charge < -0.3 is 5.32 Å². The molecule has 0 aliphatic carbocycles. The van der Waals surface area contributed by atoms with Crippen LogP contribution in [0.25, 0.3) is 0 Å². The van der Waals surface area contributed by atoms with E-state index in [4.69, 9.17) is 11.6 Å². The standard InChI is InChI=1S/C12H14ClFN4/c13-11-3-1-4-12(14)10(11)9-15-5-2-7-18-8-6-16-17-18/h1,3-4,6,8,15H,2,5,7,9H2. The predicted octanol–water partition coefficient (Wildman–Crippen LogP) is 2.25. The Bertz CT molecular complexity index is 467. The SMILES string of the molecule is Fc1cccc(Cl)c1CNCCCn1ccnn1. The first kappa shape index (κ1) is 13.0. The molecule has 96 valence electrons. The summed E-state index contributed by atoms with van der Waals surface area (Å²) in [7, 11) is 0. The summed E-state index contributed by atoms with van der Waals surface area (Å²) >= 11 is 5.92. The summed E-state index contributed by atoms with van der Waals surface area (Å²) in [6.45, 7) is 1.99. The highest BCUT2D eigenvalue weighted by Crippen LogP contribution is 2.18. The van der Waals surface area contributed by atoms with Crippen LogP contribution in [0.15, 0.2) is 30.6 Å². The molecular formula is C12H14ClFN4. The fourth-order valence-corrected chi connectivity index (χ4v) is 1.86. The van der Waals surface area contributed by atoms with E-state index in [0.29, 0.717) is 17.1 Å². The molecule has 1 aromatic heterocycles. The highest BCUT2D eigenvalue weighted by molar-refractivity contribution is 6.31. The molecule has 6 heteroatoms. The van der Waals surface area contributed by atoms with Gasteiger partial charge in [-0.25, -0.2) is 4.39 Å². The lowest BCUT2D eigenvalue weighted by atomic mass is 10.2. The number of aryl methyl sites for hydroxylation is 1. The highest BCUT2D eigenvalue weighted by Gasteiger charge is 2.05. The van der Waals surface area contributed by atoms with E-state index >= 15 is 0 Å². The second-order valence-electron chi connectivity index (χ2n) is 3.90. The Morgan fingerprint density at radius 2 is 2.28 bits per heavy atom. The van der Waals surface area contributed by atoms with Crippen molar-refractivity contribution in [1.29, 1.82) is 0 Å². The third-order valence-corrected chi connectivity index (χ3v) is 2.93. The van der Waals surface area contributed by atoms with Gasteiger partial charge in [0.25, 0.3) is 0 Å². The van der Waals surface area contributed by atoms with Gasteiger partial charge in [-0.05, 0) is 25.1 Å². The molecule has 0 saturated carbocycles. The van der Waals surface area contributed by atoms with Crippen molar-refractivity contribution in [2.75, 3.05) is 6.54 Å². The average molecular weight is 269 g/mol. The lowest BCUT2D eigenvalue weighted by molar-refractivity contribution is 0.523. The van der Waals surface area contributed by atoms with Crippen LogP contribution < -0.4 is 5.32 Å². The lowest BCUT2D eigenvalue weighted by Gasteiger charge is -2.07. The van der Waals surface area contributed by atoms with Crippen LogP contribution in [-0.2, 0) is 13.1 Å². The molecule has 0 saturated heterocycles. The third-order valence-electron chi connectivity index (χ3n) is 2.58. The second-order valence-corrected chi connectivity index (χ2v) is 4.30. The van der Waals surface area contributed by atoms with E-state index in [9.17, 15) is 4.39 Å². The first-order valence-electron chi connectivity index (χ1n) is 5.75. The Kier molecular flexibility index (Phi) is 4.66. The van der Waals surface area contributed by atoms with E-state index < -0.39 is 0 Å². The number of hydrogen-bond acceptors (Lipinski definition) is 3. The first-order valence-corrected chi connectivity index (χ1v) is 6.13. The zero-order valence-corrected chi connectivity index (χ0v) is 10.6. The molecule has 0 aliphatic rings. The molecule has 2 aromatic rings. The maximum absolute atomic E-state index is 13.4. The monoisotopic (exact) mass is 268 g/mol. The number of rotatable bonds is 6. The van der Waals surface area contributed by atoms with Crippen molar-refractivity contribution >= 4 is 11.6 Å². The number of halogens is 2. The van der Waals surface area contributed by atoms with Crippen molar-refractivity contribution in [3.63, 3.8) is 0 Å². The number of benzene rings is 1. The molecule has 0 radical (unpaired) electrons. The maximum Gasteiger partial charge on any atom is 0.129 e. The minimum absolute atomic E-state index is 0.272. The van der Waals surface area contributed by atoms with Crippen LogP contribution in [-0.4, -0.2) is 21.5 Å². The van der Waals surface area contributed by atoms with Gasteiger partial charge in [0.15, 0.2) is 0 Å². The molecule has 4 nitrogen and oxygen atoms in total. The van der Waals surface area contributed by atoms with Crippen molar-refractivity contribution in [3.8, 4) is 0 Å². The van der Waals surface area contributed by atoms with Gasteiger partial charge in [0.1, 0.15) is 5.82 Å². The van der Waals surface area contributed by atoms with Crippen LogP contribution in [0.1, 0.15) is 12.0 Å². The molecule has 0 bridgehead atoms. The van der Waals surface area contributed by atoms with E-state index in [-0.39, 0.29) is 5.82 Å². The van der Waals surface area contributed by atoms with Gasteiger partial charge in [0, 0.05) is 29.9 Å². The number of aromatic nitrogens is 3. The second kappa shape index (κ2) is 6.47. The van der Waals surface area contributed by atoms with Crippen molar-refractivity contribution in [2.45, 2.75) is 19.5 Å². The Morgan fingerprint density at radius 1 is 1.39 bits per heavy atom. The minimum Gasteiger partial charge on any atom is -0.312 e. The Balaban J connectivity index is 1.72. The Morgan fingerprint density at radius 3 is 3.00 bits per heavy atom. The summed E-state index contributed by atoms with van der Waals surface area (Å²) in [4.78, 5) is 0. The summed E-state index contributed by atoms with van der Waals surface area (Å²) in [5.74, 6) is -0.272. The van der Waals surface area contributed by atoms with Crippen LogP contribution in [0, 0.1) is 5.82 Å². The van der Waals surface area contributed by atoms with Gasteiger partial charge in [-0.1, -0.05) is 22.9 Å². The van der Waals surface area contributed by atoms with Gasteiger partial charge >= 0.3 is 0 Å². The fourth-order valence-electron chi connectivity index (χ4n) is 1.63. The normalized spacial score (nSPS) is 10.8. The highest BCUT2D eigenvalue weighted by atomic mass is 35.5. The van der Waals surface area contributed by atoms with Gasteiger partial charge in [0.2, 0.25) is 0 Å². The van der Waals surface area contributed by atoms with Gasteiger partial charge in [-0.3, -0.25) is 4.68 Å². The smallest absolute Gasteiger partial charge is 0.129 e. The third kappa shape index (κ3) is 3.51. The van der Waals surface area contributed by atoms with Crippen molar-refractivity contribution < 1.29 is 4.39 Å². The number of nitrogens with zero attached hydrogens (tertiary/aromatic N) is 3. The van der Waals surface area contributed by atoms with Crippen molar-refractivity contribution in [3.05, 3.63) is 47.0 Å². The van der Waals surface area contributed by atoms with Gasteiger partial charge in [-0.2, -0.15) is 0 Å². The predicted molar refractivity (Wildman–Crippen MR) is 67.8 cm³/mol. The van der Waals surface area contributed by atoms with Crippen molar-refractivity contribution in [1.82, 2.24) is 20.3 Å². The molecule has 2 rings (SSSR count). The Hall–Kier alpha value is -1.46. The first-order chi connectivity index (χ1) is 8.77. The van der Waals surface area contributed by atoms with Crippen LogP contribution in [0.5, 0.6) is 0 Å². The number of nitrogens with one attached hydrogen (secondary N) is 1. The van der Waals surface area contributed by atoms with Crippen LogP contribution in [0.4, 0.5) is 4.39 Å². The molecule has 0 spiro atoms. The molecule has 0 fully saturated rings. The molecule has 1 heterocycles. The molecule has 1 N–H and O–H groups in total. The number of hydrogen-bond donors (Lipinski definition) is 1. The lowest BCUT2D eigenvalue weighted by Crippen LogP contribution is -2.17. The summed E-state index contributed by atoms with van der Waals surface area (Å²) < 4.78 is 15.2. The minimum atomic E-state index is -0.272. The summed E-state index contributed by atoms with van der Waals surface area (Å²) in [5, 5.41) is 11.2. The quantitative estimate of drug-likeness (QED) is 0.817. The van der Waals surface area contributed by atoms with Gasteiger partial charge in [-0.15, -0.1) is 5.10 Å². The topological polar surface area (TPSA) is 42.7 Å². The molecule has 0 atom stereocenters. The van der Waals surface area contributed by atoms with E-state index in [2.05, 4.69) is 15.6 Å². The molecule has 0 amide bonds. The van der Waals surface area contributed by atoms with Crippen molar-refractivity contribution in [2.24, 2.45) is 0 Å². The van der Waals surface area contributed by atoms with Crippen LogP contribution >= 0.6 is 11.6 Å². The summed E-state index contributed by atoms with van der Waals surface area (Å²) in [6, 6.07) is 4.71. The largest absolute Gasteiger partial charge is 0.312 e. The average Bonchev–Trinajstić information content (AvgIpc) is 2.85. The van der Waals surface area contributed by atoms with E-state index in [1.54, 1.807) is 23.0 Å². The fraction of sp³-hybridized carbons (Fsp3) is 0.333. The molecule has 0 unspecified atom stereocenters. The maximum atomic E-state index is 13.4. The summed E-state index contributed by atoms with van der Waals surface area (Å²) in [6.07, 6.45) is 4.36. The van der Waals surface area contributed by atoms with Crippen LogP contribution in [0.3, 0.4) is 0 Å².